The van der Waals surface area contributed by atoms with E-state index in [1.807, 2.05) is 18.2 Å². The third-order valence-electron chi connectivity index (χ3n) is 3.40. The zero-order chi connectivity index (χ0) is 14.9. The lowest BCUT2D eigenvalue weighted by molar-refractivity contribution is 0.601. The average molecular weight is 414 g/mol. The summed E-state index contributed by atoms with van der Waals surface area (Å²) in [5, 5.41) is 3.28. The molecule has 2 N–H and O–H groups in total. The second-order valence-electron chi connectivity index (χ2n) is 4.97. The van der Waals surface area contributed by atoms with Crippen molar-refractivity contribution in [1.29, 1.82) is 0 Å². The summed E-state index contributed by atoms with van der Waals surface area (Å²) in [7, 11) is -3.54. The lowest BCUT2D eigenvalue weighted by Gasteiger charge is -2.19. The van der Waals surface area contributed by atoms with E-state index in [1.165, 1.54) is 0 Å². The quantitative estimate of drug-likeness (QED) is 0.757. The Morgan fingerprint density at radius 3 is 2.81 bits per heavy atom. The van der Waals surface area contributed by atoms with Crippen LogP contribution in [-0.4, -0.2) is 15.0 Å². The first kappa shape index (κ1) is 14.6. The summed E-state index contributed by atoms with van der Waals surface area (Å²) in [6.45, 7) is 0.944. The topological polar surface area (TPSA) is 58.2 Å². The lowest BCUT2D eigenvalue weighted by Crippen LogP contribution is -2.16. The Hall–Kier alpha value is -1.28. The van der Waals surface area contributed by atoms with Gasteiger partial charge < -0.3 is 5.32 Å². The van der Waals surface area contributed by atoms with Crippen LogP contribution < -0.4 is 10.0 Å². The van der Waals surface area contributed by atoms with Crippen LogP contribution in [0.3, 0.4) is 0 Å². The van der Waals surface area contributed by atoms with Crippen molar-refractivity contribution in [2.24, 2.45) is 0 Å². The van der Waals surface area contributed by atoms with Gasteiger partial charge in [-0.25, -0.2) is 8.42 Å². The highest BCUT2D eigenvalue weighted by atomic mass is 127. The van der Waals surface area contributed by atoms with E-state index in [4.69, 9.17) is 0 Å². The molecule has 110 valence electrons. The number of nitrogens with one attached hydrogen (secondary N) is 2. The highest BCUT2D eigenvalue weighted by Crippen LogP contribution is 2.26. The number of anilines is 2. The summed E-state index contributed by atoms with van der Waals surface area (Å²) in [5.41, 5.74) is 2.68. The number of rotatable bonds is 3. The molecule has 0 spiro atoms. The van der Waals surface area contributed by atoms with Crippen molar-refractivity contribution in [2.75, 3.05) is 16.6 Å². The fourth-order valence-electron chi connectivity index (χ4n) is 2.38. The molecule has 0 atom stereocenters. The molecule has 21 heavy (non-hydrogen) atoms. The van der Waals surface area contributed by atoms with Gasteiger partial charge in [-0.15, -0.1) is 0 Å². The molecular formula is C15H15IN2O2S. The second-order valence-corrected chi connectivity index (χ2v) is 7.89. The minimum Gasteiger partial charge on any atom is -0.385 e. The predicted octanol–water partition coefficient (Wildman–Crippen LogP) is 3.45. The molecule has 2 aromatic rings. The van der Waals surface area contributed by atoms with E-state index >= 15 is 0 Å². The van der Waals surface area contributed by atoms with Crippen LogP contribution in [0.15, 0.2) is 47.4 Å². The SMILES string of the molecule is O=S(=O)(Nc1cccc(I)c1)c1ccc2c(c1)CCCN2. The lowest BCUT2D eigenvalue weighted by atomic mass is 10.0. The first-order valence-electron chi connectivity index (χ1n) is 6.70. The van der Waals surface area contributed by atoms with Crippen LogP contribution in [0, 0.1) is 3.57 Å². The molecule has 0 saturated carbocycles. The van der Waals surface area contributed by atoms with Gasteiger partial charge in [-0.1, -0.05) is 6.07 Å². The van der Waals surface area contributed by atoms with Crippen molar-refractivity contribution in [2.45, 2.75) is 17.7 Å². The molecule has 0 aliphatic carbocycles. The number of halogens is 1. The maximum Gasteiger partial charge on any atom is 0.261 e. The number of benzene rings is 2. The molecule has 1 heterocycles. The van der Waals surface area contributed by atoms with Crippen molar-refractivity contribution in [3.05, 3.63) is 51.6 Å². The van der Waals surface area contributed by atoms with Gasteiger partial charge in [0.25, 0.3) is 10.0 Å². The molecular weight excluding hydrogens is 399 g/mol. The largest absolute Gasteiger partial charge is 0.385 e. The first-order chi connectivity index (χ1) is 10.0. The fraction of sp³-hybridized carbons (Fsp3) is 0.200. The van der Waals surface area contributed by atoms with E-state index in [0.29, 0.717) is 10.6 Å². The Kier molecular flexibility index (Phi) is 4.08. The van der Waals surface area contributed by atoms with Gasteiger partial charge in [0.05, 0.1) is 4.90 Å². The third kappa shape index (κ3) is 3.32. The van der Waals surface area contributed by atoms with Crippen molar-refractivity contribution >= 4 is 44.0 Å². The Labute approximate surface area is 138 Å². The molecule has 0 amide bonds. The van der Waals surface area contributed by atoms with Crippen molar-refractivity contribution in [1.82, 2.24) is 0 Å². The maximum absolute atomic E-state index is 12.5. The molecule has 0 fully saturated rings. The molecule has 0 bridgehead atoms. The first-order valence-corrected chi connectivity index (χ1v) is 9.26. The minimum atomic E-state index is -3.54. The van der Waals surface area contributed by atoms with Crippen LogP contribution in [0.25, 0.3) is 0 Å². The summed E-state index contributed by atoms with van der Waals surface area (Å²) < 4.78 is 28.5. The van der Waals surface area contributed by atoms with Gasteiger partial charge in [-0.3, -0.25) is 4.72 Å². The van der Waals surface area contributed by atoms with Gasteiger partial charge >= 0.3 is 0 Å². The van der Waals surface area contributed by atoms with Gasteiger partial charge in [0.15, 0.2) is 0 Å². The van der Waals surface area contributed by atoms with Crippen LogP contribution in [0.4, 0.5) is 11.4 Å². The van der Waals surface area contributed by atoms with Gasteiger partial charge in [0.1, 0.15) is 0 Å². The fourth-order valence-corrected chi connectivity index (χ4v) is 4.03. The third-order valence-corrected chi connectivity index (χ3v) is 5.45. The molecule has 6 heteroatoms. The van der Waals surface area contributed by atoms with Crippen LogP contribution >= 0.6 is 22.6 Å². The summed E-state index contributed by atoms with van der Waals surface area (Å²) in [6, 6.07) is 12.6. The van der Waals surface area contributed by atoms with Gasteiger partial charge in [0, 0.05) is 21.5 Å². The van der Waals surface area contributed by atoms with E-state index in [2.05, 4.69) is 32.6 Å². The van der Waals surface area contributed by atoms with Crippen molar-refractivity contribution < 1.29 is 8.42 Å². The van der Waals surface area contributed by atoms with Crippen LogP contribution in [0.1, 0.15) is 12.0 Å². The number of hydrogen-bond acceptors (Lipinski definition) is 3. The molecule has 3 rings (SSSR count). The highest BCUT2D eigenvalue weighted by molar-refractivity contribution is 14.1. The van der Waals surface area contributed by atoms with Gasteiger partial charge in [-0.05, 0) is 77.4 Å². The van der Waals surface area contributed by atoms with Crippen molar-refractivity contribution in [3.8, 4) is 0 Å². The number of hydrogen-bond donors (Lipinski definition) is 2. The van der Waals surface area contributed by atoms with Crippen LogP contribution in [-0.2, 0) is 16.4 Å². The molecule has 0 saturated heterocycles. The summed E-state index contributed by atoms with van der Waals surface area (Å²) in [5.74, 6) is 0. The average Bonchev–Trinajstić information content (AvgIpc) is 2.46. The molecule has 1 aliphatic rings. The van der Waals surface area contributed by atoms with E-state index in [-0.39, 0.29) is 0 Å². The molecule has 1 aliphatic heterocycles. The molecule has 0 unspecified atom stereocenters. The molecule has 2 aromatic carbocycles. The molecule has 0 radical (unpaired) electrons. The smallest absolute Gasteiger partial charge is 0.261 e. The molecule has 0 aromatic heterocycles. The Bertz CT molecular complexity index is 775. The van der Waals surface area contributed by atoms with Crippen LogP contribution in [0.5, 0.6) is 0 Å². The standard InChI is InChI=1S/C15H15IN2O2S/c16-12-4-1-5-13(10-12)18-21(19,20)14-6-7-15-11(9-14)3-2-8-17-15/h1,4-7,9-10,17-18H,2-3,8H2. The second kappa shape index (κ2) is 5.84. The number of sulfonamides is 1. The summed E-state index contributed by atoms with van der Waals surface area (Å²) >= 11 is 2.16. The van der Waals surface area contributed by atoms with Gasteiger partial charge in [0.2, 0.25) is 0 Å². The van der Waals surface area contributed by atoms with Gasteiger partial charge in [-0.2, -0.15) is 0 Å². The number of aryl methyl sites for hydroxylation is 1. The van der Waals surface area contributed by atoms with E-state index in [0.717, 1.165) is 34.2 Å². The minimum absolute atomic E-state index is 0.309. The number of fused-ring (bicyclic) bond motifs is 1. The predicted molar refractivity (Wildman–Crippen MR) is 93.2 cm³/mol. The van der Waals surface area contributed by atoms with E-state index in [9.17, 15) is 8.42 Å². The summed E-state index contributed by atoms with van der Waals surface area (Å²) in [4.78, 5) is 0.309. The zero-order valence-electron chi connectivity index (χ0n) is 11.3. The summed E-state index contributed by atoms with van der Waals surface area (Å²) in [6.07, 6.45) is 1.94. The Morgan fingerprint density at radius 1 is 1.14 bits per heavy atom. The highest BCUT2D eigenvalue weighted by Gasteiger charge is 2.17. The van der Waals surface area contributed by atoms with Crippen LogP contribution in [0.2, 0.25) is 0 Å². The zero-order valence-corrected chi connectivity index (χ0v) is 14.2. The van der Waals surface area contributed by atoms with E-state index < -0.39 is 10.0 Å². The van der Waals surface area contributed by atoms with E-state index in [1.54, 1.807) is 24.3 Å². The molecule has 4 nitrogen and oxygen atoms in total. The Balaban J connectivity index is 1.91. The monoisotopic (exact) mass is 414 g/mol. The van der Waals surface area contributed by atoms with Crippen molar-refractivity contribution in [3.63, 3.8) is 0 Å². The maximum atomic E-state index is 12.5. The Morgan fingerprint density at radius 2 is 2.00 bits per heavy atom. The normalized spacial score (nSPS) is 14.1.